The van der Waals surface area contributed by atoms with Crippen LogP contribution in [-0.2, 0) is 14.4 Å². The highest BCUT2D eigenvalue weighted by Gasteiger charge is 2.78. The molecule has 3 aromatic rings. The number of nitrogens with zero attached hydrogens (tertiary/aromatic N) is 3. The zero-order valence-electron chi connectivity index (χ0n) is 28.9. The molecule has 3 aromatic carbocycles. The van der Waals surface area contributed by atoms with Crippen molar-refractivity contribution in [2.24, 2.45) is 17.8 Å². The number of carbonyl (C=O) groups is 3. The smallest absolute Gasteiger partial charge is 0.251 e. The number of anilines is 2. The SMILES string of the molecule is C=CCN(C(=O)C1N([C@@H](CO)C(C)C)C(=O)[C@@H]2[C@H](C(=O)N(CC=C)c3ccc(OCC)cc3)[C@]3(C)CCC12S3)c1ccc2ccccc2c1. The normalized spacial score (nSPS) is 26.1. The minimum Gasteiger partial charge on any atom is -0.494 e. The van der Waals surface area contributed by atoms with Crippen molar-refractivity contribution in [3.63, 3.8) is 0 Å². The second-order valence-electron chi connectivity index (χ2n) is 13.9. The van der Waals surface area contributed by atoms with E-state index in [1.54, 1.807) is 38.6 Å². The number of amides is 3. The first-order valence-corrected chi connectivity index (χ1v) is 18.1. The molecule has 0 radical (unpaired) electrons. The molecule has 6 rings (SSSR count). The van der Waals surface area contributed by atoms with Gasteiger partial charge in [0.1, 0.15) is 11.8 Å². The third kappa shape index (κ3) is 5.74. The molecule has 0 aromatic heterocycles. The molecule has 3 fully saturated rings. The second-order valence-corrected chi connectivity index (χ2v) is 15.8. The van der Waals surface area contributed by atoms with Crippen molar-refractivity contribution in [2.75, 3.05) is 36.1 Å². The first-order chi connectivity index (χ1) is 23.5. The minimum atomic E-state index is -0.876. The number of rotatable bonds is 13. The van der Waals surface area contributed by atoms with Crippen LogP contribution >= 0.6 is 11.8 Å². The lowest BCUT2D eigenvalue weighted by molar-refractivity contribution is -0.143. The maximum absolute atomic E-state index is 15.2. The number of hydrogen-bond acceptors (Lipinski definition) is 6. The molecule has 3 heterocycles. The van der Waals surface area contributed by atoms with Gasteiger partial charge in [0.2, 0.25) is 11.8 Å². The first kappa shape index (κ1) is 34.8. The van der Waals surface area contributed by atoms with Gasteiger partial charge in [-0.05, 0) is 79.8 Å². The molecular formula is C40H47N3O5S. The van der Waals surface area contributed by atoms with E-state index in [9.17, 15) is 14.7 Å². The van der Waals surface area contributed by atoms with E-state index in [4.69, 9.17) is 4.74 Å². The summed E-state index contributed by atoms with van der Waals surface area (Å²) in [6.45, 7) is 16.6. The molecule has 3 aliphatic rings. The number of ether oxygens (including phenoxy) is 1. The second kappa shape index (κ2) is 13.7. The summed E-state index contributed by atoms with van der Waals surface area (Å²) in [7, 11) is 0. The Kier molecular flexibility index (Phi) is 9.70. The maximum Gasteiger partial charge on any atom is 0.251 e. The fourth-order valence-electron chi connectivity index (χ4n) is 8.45. The van der Waals surface area contributed by atoms with Gasteiger partial charge in [-0.2, -0.15) is 0 Å². The minimum absolute atomic E-state index is 0.124. The molecule has 3 aliphatic heterocycles. The van der Waals surface area contributed by atoms with Crippen LogP contribution in [0.25, 0.3) is 10.8 Å². The summed E-state index contributed by atoms with van der Waals surface area (Å²) >= 11 is 1.63. The third-order valence-corrected chi connectivity index (χ3v) is 12.7. The Morgan fingerprint density at radius 2 is 1.61 bits per heavy atom. The van der Waals surface area contributed by atoms with Gasteiger partial charge in [-0.3, -0.25) is 14.4 Å². The number of likely N-dealkylation sites (tertiary alicyclic amines) is 1. The van der Waals surface area contributed by atoms with Gasteiger partial charge < -0.3 is 24.5 Å². The van der Waals surface area contributed by atoms with Crippen LogP contribution in [0.15, 0.2) is 92.0 Å². The van der Waals surface area contributed by atoms with Gasteiger partial charge in [-0.15, -0.1) is 24.9 Å². The fraction of sp³-hybridized carbons (Fsp3) is 0.425. The van der Waals surface area contributed by atoms with E-state index in [-0.39, 0.29) is 43.3 Å². The molecule has 6 atom stereocenters. The zero-order chi connectivity index (χ0) is 35.1. The highest BCUT2D eigenvalue weighted by Crippen LogP contribution is 2.72. The predicted octanol–water partition coefficient (Wildman–Crippen LogP) is 6.47. The number of aliphatic hydroxyl groups is 1. The predicted molar refractivity (Wildman–Crippen MR) is 198 cm³/mol. The highest BCUT2D eigenvalue weighted by molar-refractivity contribution is 8.02. The summed E-state index contributed by atoms with van der Waals surface area (Å²) in [5, 5.41) is 12.8. The van der Waals surface area contributed by atoms with Crippen molar-refractivity contribution in [3.05, 3.63) is 92.0 Å². The van der Waals surface area contributed by atoms with Crippen molar-refractivity contribution < 1.29 is 24.2 Å². The van der Waals surface area contributed by atoms with Crippen molar-refractivity contribution in [1.82, 2.24) is 4.90 Å². The van der Waals surface area contributed by atoms with Gasteiger partial charge in [0.05, 0.1) is 35.8 Å². The van der Waals surface area contributed by atoms with Crippen LogP contribution in [0, 0.1) is 17.8 Å². The van der Waals surface area contributed by atoms with E-state index in [1.807, 2.05) is 87.5 Å². The summed E-state index contributed by atoms with van der Waals surface area (Å²) < 4.78 is 4.22. The molecule has 49 heavy (non-hydrogen) atoms. The third-order valence-electron chi connectivity index (χ3n) is 10.7. The quantitative estimate of drug-likeness (QED) is 0.208. The Balaban J connectivity index is 1.45. The van der Waals surface area contributed by atoms with Gasteiger partial charge in [0.25, 0.3) is 5.91 Å². The summed E-state index contributed by atoms with van der Waals surface area (Å²) in [5.74, 6) is -1.43. The first-order valence-electron chi connectivity index (χ1n) is 17.2. The number of thioether (sulfide) groups is 1. The Bertz CT molecular complexity index is 1760. The van der Waals surface area contributed by atoms with Crippen LogP contribution in [0.4, 0.5) is 11.4 Å². The maximum atomic E-state index is 15.2. The highest BCUT2D eigenvalue weighted by atomic mass is 32.2. The van der Waals surface area contributed by atoms with Crippen molar-refractivity contribution in [1.29, 1.82) is 0 Å². The molecule has 2 unspecified atom stereocenters. The van der Waals surface area contributed by atoms with Gasteiger partial charge in [0.15, 0.2) is 0 Å². The standard InChI is InChI=1S/C40H47N3O5S/c1-7-22-41(29-16-18-31(19-17-29)48-9-3)36(45)33-34-37(46)43(32(25-44)26(4)5)35(40(34)21-20-39(33,6)49-40)38(47)42(23-8-2)30-15-14-27-12-10-11-13-28(27)24-30/h7-8,10-19,24,26,32-35,44H,1-2,9,20-23,25H2,3-6H3/t32-,33+,34-,35?,39-,40?/m0/s1. The number of fused-ring (bicyclic) bond motifs is 2. The molecule has 8 nitrogen and oxygen atoms in total. The van der Waals surface area contributed by atoms with E-state index < -0.39 is 33.4 Å². The van der Waals surface area contributed by atoms with E-state index in [1.165, 1.54) is 0 Å². The molecule has 1 spiro atoms. The van der Waals surface area contributed by atoms with E-state index in [0.717, 1.165) is 10.8 Å². The average Bonchev–Trinajstić information content (AvgIpc) is 3.66. The Hall–Kier alpha value is -4.08. The summed E-state index contributed by atoms with van der Waals surface area (Å²) in [4.78, 5) is 50.1. The Labute approximate surface area is 293 Å². The fourth-order valence-corrected chi connectivity index (χ4v) is 10.8. The Morgan fingerprint density at radius 1 is 0.980 bits per heavy atom. The average molecular weight is 682 g/mol. The van der Waals surface area contributed by atoms with Crippen LogP contribution in [0.1, 0.15) is 40.5 Å². The molecule has 3 amide bonds. The van der Waals surface area contributed by atoms with Crippen LogP contribution < -0.4 is 14.5 Å². The summed E-state index contributed by atoms with van der Waals surface area (Å²) in [6, 6.07) is 19.8. The largest absolute Gasteiger partial charge is 0.494 e. The molecule has 9 heteroatoms. The van der Waals surface area contributed by atoms with Gasteiger partial charge in [-0.1, -0.05) is 56.3 Å². The number of benzene rings is 3. The monoisotopic (exact) mass is 681 g/mol. The van der Waals surface area contributed by atoms with Crippen LogP contribution in [0.5, 0.6) is 5.75 Å². The molecule has 0 aliphatic carbocycles. The summed E-state index contributed by atoms with van der Waals surface area (Å²) in [6.07, 6.45) is 4.69. The molecule has 2 bridgehead atoms. The molecule has 0 saturated carbocycles. The topological polar surface area (TPSA) is 90.4 Å². The lowest BCUT2D eigenvalue weighted by Gasteiger charge is -2.40. The van der Waals surface area contributed by atoms with Gasteiger partial charge in [0, 0.05) is 29.2 Å². The van der Waals surface area contributed by atoms with Crippen molar-refractivity contribution >= 4 is 51.6 Å². The van der Waals surface area contributed by atoms with E-state index in [2.05, 4.69) is 20.1 Å². The van der Waals surface area contributed by atoms with Crippen LogP contribution in [0.3, 0.4) is 0 Å². The van der Waals surface area contributed by atoms with Crippen LogP contribution in [0.2, 0.25) is 0 Å². The number of aliphatic hydroxyl groups excluding tert-OH is 1. The lowest BCUT2D eigenvalue weighted by Crippen LogP contribution is -2.58. The lowest BCUT2D eigenvalue weighted by atomic mass is 9.66. The van der Waals surface area contributed by atoms with Gasteiger partial charge in [-0.25, -0.2) is 0 Å². The molecular weight excluding hydrogens is 635 g/mol. The van der Waals surface area contributed by atoms with E-state index in [0.29, 0.717) is 36.6 Å². The summed E-state index contributed by atoms with van der Waals surface area (Å²) in [5.41, 5.74) is 1.41. The number of hydrogen-bond donors (Lipinski definition) is 1. The van der Waals surface area contributed by atoms with Crippen molar-refractivity contribution in [2.45, 2.75) is 62.1 Å². The number of carbonyl (C=O) groups excluding carboxylic acids is 3. The van der Waals surface area contributed by atoms with Gasteiger partial charge >= 0.3 is 0 Å². The van der Waals surface area contributed by atoms with Crippen LogP contribution in [-0.4, -0.2) is 75.6 Å². The van der Waals surface area contributed by atoms with E-state index >= 15 is 4.79 Å². The molecule has 3 saturated heterocycles. The van der Waals surface area contributed by atoms with Crippen molar-refractivity contribution in [3.8, 4) is 5.75 Å². The molecule has 1 N–H and O–H groups in total. The zero-order valence-corrected chi connectivity index (χ0v) is 29.7. The molecule has 258 valence electrons. The Morgan fingerprint density at radius 3 is 2.22 bits per heavy atom.